The van der Waals surface area contributed by atoms with Crippen LogP contribution in [0.15, 0.2) is 33.0 Å². The Labute approximate surface area is 171 Å². The summed E-state index contributed by atoms with van der Waals surface area (Å²) in [7, 11) is 0. The Hall–Kier alpha value is -2.13. The van der Waals surface area contributed by atoms with Crippen molar-refractivity contribution in [1.82, 2.24) is 20.1 Å². The molecule has 1 fully saturated rings. The lowest BCUT2D eigenvalue weighted by atomic mass is 9.97. The molecule has 3 aromatic rings. The Kier molecular flexibility index (Phi) is 6.11. The van der Waals surface area contributed by atoms with Crippen LogP contribution in [0.5, 0.6) is 0 Å². The zero-order valence-corrected chi connectivity index (χ0v) is 17.4. The number of aromatic nitrogens is 3. The van der Waals surface area contributed by atoms with Gasteiger partial charge >= 0.3 is 0 Å². The van der Waals surface area contributed by atoms with E-state index in [0.29, 0.717) is 5.75 Å². The number of rotatable bonds is 7. The lowest BCUT2D eigenvalue weighted by Gasteiger charge is -2.30. The highest BCUT2D eigenvalue weighted by Crippen LogP contribution is 2.31. The summed E-state index contributed by atoms with van der Waals surface area (Å²) in [6, 6.07) is 7.83. The fourth-order valence-electron chi connectivity index (χ4n) is 3.23. The van der Waals surface area contributed by atoms with Crippen molar-refractivity contribution in [3.05, 3.63) is 30.2 Å². The number of nitrogens with zero attached hydrogens (tertiary/aromatic N) is 4. The van der Waals surface area contributed by atoms with E-state index in [-0.39, 0.29) is 11.8 Å². The van der Waals surface area contributed by atoms with Gasteiger partial charge in [0, 0.05) is 25.6 Å². The summed E-state index contributed by atoms with van der Waals surface area (Å²) in [5.41, 5.74) is 1.73. The molecule has 0 saturated carbocycles. The van der Waals surface area contributed by atoms with Crippen LogP contribution in [0.25, 0.3) is 11.1 Å². The number of hydrogen-bond donors (Lipinski definition) is 1. The third-order valence-corrected chi connectivity index (χ3v) is 6.76. The monoisotopic (exact) mass is 417 g/mol. The molecule has 0 spiro atoms. The minimum absolute atomic E-state index is 0.152. The molecule has 1 aliphatic rings. The zero-order chi connectivity index (χ0) is 19.3. The van der Waals surface area contributed by atoms with Crippen LogP contribution in [-0.2, 0) is 4.79 Å². The quantitative estimate of drug-likeness (QED) is 0.582. The first kappa shape index (κ1) is 19.2. The van der Waals surface area contributed by atoms with Crippen LogP contribution in [0, 0.1) is 0 Å². The molecule has 0 aliphatic carbocycles. The van der Waals surface area contributed by atoms with Crippen LogP contribution in [0.2, 0.25) is 0 Å². The maximum atomic E-state index is 12.5. The van der Waals surface area contributed by atoms with Crippen molar-refractivity contribution in [3.8, 4) is 0 Å². The number of nitrogens with one attached hydrogen (secondary N) is 1. The standard InChI is InChI=1S/C19H23N5O2S2/c1-2-9-20-18-22-23-19(28-18)27-12-16(25)24-10-7-13(8-11-24)17-21-14-5-3-4-6-15(14)26-17/h3-6,13H,2,7-12H2,1H3,(H,20,22). The van der Waals surface area contributed by atoms with Gasteiger partial charge in [-0.1, -0.05) is 42.2 Å². The van der Waals surface area contributed by atoms with E-state index < -0.39 is 0 Å². The highest BCUT2D eigenvalue weighted by atomic mass is 32.2. The number of fused-ring (bicyclic) bond motifs is 1. The lowest BCUT2D eigenvalue weighted by molar-refractivity contribution is -0.129. The average molecular weight is 418 g/mol. The third kappa shape index (κ3) is 4.47. The molecule has 2 aromatic heterocycles. The molecular formula is C19H23N5O2S2. The molecule has 7 nitrogen and oxygen atoms in total. The molecule has 1 aromatic carbocycles. The topological polar surface area (TPSA) is 84.2 Å². The van der Waals surface area contributed by atoms with E-state index in [9.17, 15) is 4.79 Å². The summed E-state index contributed by atoms with van der Waals surface area (Å²) < 4.78 is 6.73. The van der Waals surface area contributed by atoms with Gasteiger partial charge in [-0.05, 0) is 31.4 Å². The normalized spacial score (nSPS) is 15.2. The van der Waals surface area contributed by atoms with E-state index in [0.717, 1.165) is 65.4 Å². The summed E-state index contributed by atoms with van der Waals surface area (Å²) in [5.74, 6) is 1.62. The van der Waals surface area contributed by atoms with Gasteiger partial charge in [0.15, 0.2) is 15.8 Å². The Morgan fingerprint density at radius 3 is 2.93 bits per heavy atom. The predicted octanol–water partition coefficient (Wildman–Crippen LogP) is 4.00. The highest BCUT2D eigenvalue weighted by Gasteiger charge is 2.27. The number of likely N-dealkylation sites (tertiary alicyclic amines) is 1. The van der Waals surface area contributed by atoms with Crippen LogP contribution in [0.4, 0.5) is 5.13 Å². The molecule has 0 atom stereocenters. The van der Waals surface area contributed by atoms with E-state index >= 15 is 0 Å². The van der Waals surface area contributed by atoms with E-state index in [1.165, 1.54) is 23.1 Å². The fourth-order valence-corrected chi connectivity index (χ4v) is 4.91. The second-order valence-corrected chi connectivity index (χ2v) is 8.96. The Balaban J connectivity index is 1.26. The van der Waals surface area contributed by atoms with Crippen molar-refractivity contribution in [2.24, 2.45) is 0 Å². The van der Waals surface area contributed by atoms with E-state index in [1.807, 2.05) is 29.2 Å². The number of oxazole rings is 1. The number of para-hydroxylation sites is 2. The Morgan fingerprint density at radius 1 is 1.32 bits per heavy atom. The first-order chi connectivity index (χ1) is 13.7. The molecule has 0 unspecified atom stereocenters. The van der Waals surface area contributed by atoms with Gasteiger partial charge in [0.1, 0.15) is 5.52 Å². The van der Waals surface area contributed by atoms with Crippen molar-refractivity contribution >= 4 is 45.2 Å². The van der Waals surface area contributed by atoms with Crippen LogP contribution in [0.3, 0.4) is 0 Å². The van der Waals surface area contributed by atoms with Crippen LogP contribution >= 0.6 is 23.1 Å². The predicted molar refractivity (Wildman–Crippen MR) is 112 cm³/mol. The molecule has 1 amide bonds. The zero-order valence-electron chi connectivity index (χ0n) is 15.8. The third-order valence-electron chi connectivity index (χ3n) is 4.76. The smallest absolute Gasteiger partial charge is 0.233 e. The minimum Gasteiger partial charge on any atom is -0.440 e. The first-order valence-corrected chi connectivity index (χ1v) is 11.4. The average Bonchev–Trinajstić information content (AvgIpc) is 3.37. The van der Waals surface area contributed by atoms with E-state index in [4.69, 9.17) is 4.42 Å². The molecule has 0 bridgehead atoms. The highest BCUT2D eigenvalue weighted by molar-refractivity contribution is 8.01. The second kappa shape index (κ2) is 8.91. The molecule has 0 radical (unpaired) electrons. The van der Waals surface area contributed by atoms with Crippen LogP contribution < -0.4 is 5.32 Å². The van der Waals surface area contributed by atoms with Gasteiger partial charge in [-0.25, -0.2) is 4.98 Å². The van der Waals surface area contributed by atoms with Gasteiger partial charge in [-0.15, -0.1) is 10.2 Å². The maximum absolute atomic E-state index is 12.5. The second-order valence-electron chi connectivity index (χ2n) is 6.76. The number of carbonyl (C=O) groups excluding carboxylic acids is 1. The molecule has 1 N–H and O–H groups in total. The summed E-state index contributed by atoms with van der Waals surface area (Å²) in [6.45, 7) is 4.47. The minimum atomic E-state index is 0.152. The fraction of sp³-hybridized carbons (Fsp3) is 0.474. The van der Waals surface area contributed by atoms with Crippen molar-refractivity contribution < 1.29 is 9.21 Å². The van der Waals surface area contributed by atoms with Gasteiger partial charge in [0.2, 0.25) is 11.0 Å². The van der Waals surface area contributed by atoms with Gasteiger partial charge in [0.25, 0.3) is 0 Å². The largest absolute Gasteiger partial charge is 0.440 e. The number of anilines is 1. The van der Waals surface area contributed by atoms with Gasteiger partial charge in [0.05, 0.1) is 5.75 Å². The number of benzene rings is 1. The van der Waals surface area contributed by atoms with Gasteiger partial charge in [-0.3, -0.25) is 4.79 Å². The number of piperidine rings is 1. The Morgan fingerprint density at radius 2 is 2.14 bits per heavy atom. The summed E-state index contributed by atoms with van der Waals surface area (Å²) in [6.07, 6.45) is 2.81. The van der Waals surface area contributed by atoms with E-state index in [2.05, 4.69) is 27.4 Å². The summed E-state index contributed by atoms with van der Waals surface area (Å²) in [4.78, 5) is 19.1. The van der Waals surface area contributed by atoms with E-state index in [1.54, 1.807) is 0 Å². The molecular weight excluding hydrogens is 394 g/mol. The van der Waals surface area contributed by atoms with Gasteiger partial charge in [-0.2, -0.15) is 0 Å². The van der Waals surface area contributed by atoms with Crippen LogP contribution in [0.1, 0.15) is 38.0 Å². The first-order valence-electron chi connectivity index (χ1n) is 9.56. The van der Waals surface area contributed by atoms with Crippen molar-refractivity contribution in [2.45, 2.75) is 36.4 Å². The number of hydrogen-bond acceptors (Lipinski definition) is 8. The maximum Gasteiger partial charge on any atom is 0.233 e. The number of amides is 1. The molecule has 1 saturated heterocycles. The SMILES string of the molecule is CCCNc1nnc(SCC(=O)N2CCC(c3nc4ccccc4o3)CC2)s1. The Bertz CT molecular complexity index is 900. The van der Waals surface area contributed by atoms with Crippen molar-refractivity contribution in [1.29, 1.82) is 0 Å². The molecule has 148 valence electrons. The van der Waals surface area contributed by atoms with Crippen molar-refractivity contribution in [2.75, 3.05) is 30.7 Å². The molecule has 1 aliphatic heterocycles. The van der Waals surface area contributed by atoms with Crippen LogP contribution in [-0.4, -0.2) is 51.4 Å². The lowest BCUT2D eigenvalue weighted by Crippen LogP contribution is -2.39. The number of carbonyl (C=O) groups is 1. The van der Waals surface area contributed by atoms with Crippen molar-refractivity contribution in [3.63, 3.8) is 0 Å². The summed E-state index contributed by atoms with van der Waals surface area (Å²) in [5, 5.41) is 12.3. The van der Waals surface area contributed by atoms with Gasteiger partial charge < -0.3 is 14.6 Å². The molecule has 4 rings (SSSR count). The molecule has 3 heterocycles. The number of thioether (sulfide) groups is 1. The molecule has 28 heavy (non-hydrogen) atoms. The molecule has 9 heteroatoms. The summed E-state index contributed by atoms with van der Waals surface area (Å²) >= 11 is 2.96.